The van der Waals surface area contributed by atoms with Crippen molar-refractivity contribution in [2.75, 3.05) is 6.54 Å². The first-order valence-electron chi connectivity index (χ1n) is 23.2. The molecule has 0 aliphatic heterocycles. The van der Waals surface area contributed by atoms with Gasteiger partial charge in [-0.25, -0.2) is 19.4 Å². The summed E-state index contributed by atoms with van der Waals surface area (Å²) < 4.78 is 13.7. The summed E-state index contributed by atoms with van der Waals surface area (Å²) in [5.41, 5.74) is 1.11. The number of nitrogens with one attached hydrogen (secondary N) is 6. The minimum absolute atomic E-state index is 0.0278. The first kappa shape index (κ1) is 57.7. The van der Waals surface area contributed by atoms with E-state index in [0.29, 0.717) is 11.1 Å². The van der Waals surface area contributed by atoms with Gasteiger partial charge in [-0.1, -0.05) is 54.6 Å². The fourth-order valence-electron chi connectivity index (χ4n) is 7.48. The molecule has 5 atom stereocenters. The molecule has 1 aromatic heterocycles. The number of rotatable bonds is 31. The SMILES string of the molecule is O=C(O)CC[C@H](CC(=O)[C@H](CCC(=O)O)NC(=O)c1ccnc([18F])c1)C(=O)NCc1ccc(C(=O)N[C@H](Cc2ccc3ccccc3c2)C(=O)NCCCC[C@@H](NC(=O)N[C@H](CCC(=O)O)C(=O)O)C(=O)O)cc1. The molecule has 6 amide bonds. The summed E-state index contributed by atoms with van der Waals surface area (Å²) >= 11 is 0. The van der Waals surface area contributed by atoms with Crippen molar-refractivity contribution >= 4 is 76.1 Å². The average molecular weight is 1030 g/mol. The molecule has 0 radical (unpaired) electrons. The lowest BCUT2D eigenvalue weighted by Crippen LogP contribution is -2.51. The number of pyridine rings is 1. The zero-order valence-corrected chi connectivity index (χ0v) is 39.7. The molecule has 11 N–H and O–H groups in total. The third-order valence-electron chi connectivity index (χ3n) is 11.5. The Labute approximate surface area is 421 Å². The maximum absolute atomic E-state index is 13.7. The fourth-order valence-corrected chi connectivity index (χ4v) is 7.48. The van der Waals surface area contributed by atoms with Gasteiger partial charge in [0.2, 0.25) is 17.8 Å². The first-order chi connectivity index (χ1) is 35.2. The molecule has 74 heavy (non-hydrogen) atoms. The third-order valence-corrected chi connectivity index (χ3v) is 11.5. The van der Waals surface area contributed by atoms with Crippen LogP contribution in [0.25, 0.3) is 10.8 Å². The molecular weight excluding hydrogens is 973 g/mol. The largest absolute Gasteiger partial charge is 0.481 e. The molecule has 23 nitrogen and oxygen atoms in total. The van der Waals surface area contributed by atoms with Crippen LogP contribution in [0, 0.1) is 11.9 Å². The monoisotopic (exact) mass is 1030 g/mol. The van der Waals surface area contributed by atoms with E-state index in [1.807, 2.05) is 42.5 Å². The molecule has 0 fully saturated rings. The standard InChI is InChI=1S/C50H56FN7O16/c51-40-26-34(20-22-52-40)46(68)55-35(15-18-42(62)63)39(59)25-33(14-17-41(60)61)44(66)54-27-28-8-12-31(13-9-28)45(67)56-38(24-29-10-11-30-5-1-2-6-32(30)23-29)47(69)53-21-4-3-7-36(48(70)71)57-50(74)58-37(49(72)73)16-19-43(64)65/h1-2,5-6,8-13,20,22-23,26,33,35-38H,3-4,7,14-19,21,24-25,27H2,(H,53,69)(H,54,66)(H,55,68)(H,56,67)(H,60,61)(H,62,63)(H,64,65)(H,70,71)(H,72,73)(H2,57,58,74)/t33-,35+,36-,37-,38-/m1/s1/i51-1. The Bertz CT molecular complexity index is 2700. The molecule has 0 aliphatic carbocycles. The number of halogens is 1. The number of unbranched alkanes of at least 4 members (excludes halogenated alkanes) is 1. The summed E-state index contributed by atoms with van der Waals surface area (Å²) in [6, 6.07) is 14.2. The van der Waals surface area contributed by atoms with Crippen molar-refractivity contribution in [1.29, 1.82) is 0 Å². The van der Waals surface area contributed by atoms with E-state index in [4.69, 9.17) is 5.11 Å². The number of fused-ring (bicyclic) bond motifs is 1. The Hall–Kier alpha value is -8.83. The molecule has 0 bridgehead atoms. The quantitative estimate of drug-likeness (QED) is 0.0255. The highest BCUT2D eigenvalue weighted by Gasteiger charge is 2.30. The number of aromatic nitrogens is 1. The van der Waals surface area contributed by atoms with E-state index in [0.717, 1.165) is 23.0 Å². The zero-order valence-electron chi connectivity index (χ0n) is 39.7. The highest BCUT2D eigenvalue weighted by atomic mass is 18.2. The van der Waals surface area contributed by atoms with E-state index in [2.05, 4.69) is 36.9 Å². The van der Waals surface area contributed by atoms with Crippen LogP contribution < -0.4 is 31.9 Å². The van der Waals surface area contributed by atoms with Gasteiger partial charge in [-0.3, -0.25) is 38.4 Å². The lowest BCUT2D eigenvalue weighted by atomic mass is 9.91. The normalized spacial score (nSPS) is 12.9. The molecule has 4 rings (SSSR count). The Morgan fingerprint density at radius 1 is 0.527 bits per heavy atom. The average Bonchev–Trinajstić information content (AvgIpc) is 3.35. The summed E-state index contributed by atoms with van der Waals surface area (Å²) in [4.78, 5) is 140. The number of hydrogen-bond acceptors (Lipinski definition) is 12. The number of carbonyl (C=O) groups is 11. The van der Waals surface area contributed by atoms with Crippen LogP contribution in [0.4, 0.5) is 9.18 Å². The number of benzene rings is 3. The van der Waals surface area contributed by atoms with Gasteiger partial charge >= 0.3 is 35.9 Å². The van der Waals surface area contributed by atoms with Gasteiger partial charge < -0.3 is 57.4 Å². The van der Waals surface area contributed by atoms with Crippen LogP contribution in [0.1, 0.15) is 96.1 Å². The van der Waals surface area contributed by atoms with Crippen LogP contribution in [0.5, 0.6) is 0 Å². The van der Waals surface area contributed by atoms with E-state index in [9.17, 15) is 77.6 Å². The molecule has 24 heteroatoms. The Morgan fingerprint density at radius 2 is 1.09 bits per heavy atom. The molecule has 4 aromatic rings. The van der Waals surface area contributed by atoms with E-state index < -0.39 is 133 Å². The minimum atomic E-state index is -1.58. The Balaban J connectivity index is 1.38. The maximum Gasteiger partial charge on any atom is 0.326 e. The van der Waals surface area contributed by atoms with Gasteiger partial charge in [0.15, 0.2) is 5.78 Å². The number of carbonyl (C=O) groups excluding carboxylic acids is 6. The summed E-state index contributed by atoms with van der Waals surface area (Å²) in [5.74, 6) is -12.6. The number of amides is 6. The first-order valence-corrected chi connectivity index (χ1v) is 23.2. The summed E-state index contributed by atoms with van der Waals surface area (Å²) in [7, 11) is 0. The predicted molar refractivity (Wildman–Crippen MR) is 258 cm³/mol. The van der Waals surface area contributed by atoms with Crippen molar-refractivity contribution in [2.45, 2.75) is 101 Å². The third kappa shape index (κ3) is 19.8. The van der Waals surface area contributed by atoms with Gasteiger partial charge in [-0.2, -0.15) is 4.39 Å². The van der Waals surface area contributed by atoms with Crippen LogP contribution in [-0.4, -0.2) is 127 Å². The topological polar surface area (TPSA) is 374 Å². The maximum atomic E-state index is 13.7. The molecule has 0 saturated heterocycles. The molecule has 394 valence electrons. The van der Waals surface area contributed by atoms with Crippen LogP contribution in [0.2, 0.25) is 0 Å². The van der Waals surface area contributed by atoms with Gasteiger partial charge in [0.25, 0.3) is 11.8 Å². The summed E-state index contributed by atoms with van der Waals surface area (Å²) in [5, 5.41) is 63.0. The molecule has 0 unspecified atom stereocenters. The second-order valence-corrected chi connectivity index (χ2v) is 17.1. The fraction of sp³-hybridized carbons (Fsp3) is 0.360. The highest BCUT2D eigenvalue weighted by Crippen LogP contribution is 2.19. The van der Waals surface area contributed by atoms with E-state index in [1.54, 1.807) is 0 Å². The van der Waals surface area contributed by atoms with Crippen LogP contribution in [0.15, 0.2) is 85.1 Å². The van der Waals surface area contributed by atoms with Crippen LogP contribution in [0.3, 0.4) is 0 Å². The Kier molecular flexibility index (Phi) is 22.5. The number of carboxylic acids is 5. The molecule has 0 saturated carbocycles. The highest BCUT2D eigenvalue weighted by molar-refractivity contribution is 5.99. The van der Waals surface area contributed by atoms with Crippen molar-refractivity contribution in [3.8, 4) is 0 Å². The summed E-state index contributed by atoms with van der Waals surface area (Å²) in [6.07, 6.45) is -1.96. The lowest BCUT2D eigenvalue weighted by Gasteiger charge is -2.21. The van der Waals surface area contributed by atoms with Gasteiger partial charge in [0.05, 0.1) is 6.04 Å². The lowest BCUT2D eigenvalue weighted by molar-refractivity contribution is -0.141. The van der Waals surface area contributed by atoms with Gasteiger partial charge in [0.1, 0.15) is 18.1 Å². The molecule has 0 spiro atoms. The molecule has 0 aliphatic rings. The second kappa shape index (κ2) is 28.9. The zero-order chi connectivity index (χ0) is 54.3. The van der Waals surface area contributed by atoms with E-state index in [-0.39, 0.29) is 62.7 Å². The molecule has 3 aromatic carbocycles. The van der Waals surface area contributed by atoms with E-state index >= 15 is 0 Å². The van der Waals surface area contributed by atoms with Crippen molar-refractivity contribution in [2.24, 2.45) is 5.92 Å². The number of aliphatic carboxylic acids is 5. The molecular formula is C50H56FN7O16. The minimum Gasteiger partial charge on any atom is -0.481 e. The van der Waals surface area contributed by atoms with Crippen molar-refractivity contribution in [3.05, 3.63) is 113 Å². The van der Waals surface area contributed by atoms with Crippen molar-refractivity contribution in [3.63, 3.8) is 0 Å². The molecule has 1 heterocycles. The Morgan fingerprint density at radius 3 is 1.72 bits per heavy atom. The van der Waals surface area contributed by atoms with Gasteiger partial charge in [-0.05, 0) is 78.6 Å². The van der Waals surface area contributed by atoms with Crippen molar-refractivity contribution in [1.82, 2.24) is 36.9 Å². The van der Waals surface area contributed by atoms with Crippen LogP contribution >= 0.6 is 0 Å². The summed E-state index contributed by atoms with van der Waals surface area (Å²) in [6.45, 7) is -0.117. The number of carboxylic acid groups (broad SMARTS) is 5. The number of urea groups is 1. The smallest absolute Gasteiger partial charge is 0.326 e. The van der Waals surface area contributed by atoms with Crippen LogP contribution in [-0.2, 0) is 51.3 Å². The predicted octanol–water partition coefficient (Wildman–Crippen LogP) is 2.79. The van der Waals surface area contributed by atoms with Crippen molar-refractivity contribution < 1.29 is 82.7 Å². The number of nitrogens with zero attached hydrogens (tertiary/aromatic N) is 1. The van der Waals surface area contributed by atoms with Gasteiger partial charge in [-0.15, -0.1) is 0 Å². The second-order valence-electron chi connectivity index (χ2n) is 17.1. The number of hydrogen-bond donors (Lipinski definition) is 11. The van der Waals surface area contributed by atoms with E-state index in [1.165, 1.54) is 30.3 Å². The number of ketones is 1. The van der Waals surface area contributed by atoms with Gasteiger partial charge in [0, 0.05) is 74.5 Å². The number of Topliss-reactive ketones (excluding diaryl/α,β-unsaturated/α-hetero) is 1.